The zero-order valence-electron chi connectivity index (χ0n) is 25.4. The van der Waals surface area contributed by atoms with Crippen LogP contribution in [0.25, 0.3) is 66.0 Å². The van der Waals surface area contributed by atoms with E-state index in [0.29, 0.717) is 0 Å². The second kappa shape index (κ2) is 10.9. The summed E-state index contributed by atoms with van der Waals surface area (Å²) in [5.74, 6) is 0. The van der Waals surface area contributed by atoms with Crippen LogP contribution in [-0.4, -0.2) is 4.98 Å². The lowest BCUT2D eigenvalue weighted by atomic mass is 9.98. The lowest BCUT2D eigenvalue weighted by Gasteiger charge is -2.20. The van der Waals surface area contributed by atoms with Crippen molar-refractivity contribution >= 4 is 66.7 Å². The molecule has 9 rings (SSSR count). The van der Waals surface area contributed by atoms with Gasteiger partial charge in [-0.25, -0.2) is 4.98 Å². The van der Waals surface area contributed by atoms with Crippen LogP contribution in [0.1, 0.15) is 0 Å². The number of para-hydroxylation sites is 1. The van der Waals surface area contributed by atoms with Gasteiger partial charge in [-0.2, -0.15) is 0 Å². The monoisotopic (exact) mass is 621 g/mol. The molecule has 9 aromatic rings. The summed E-state index contributed by atoms with van der Waals surface area (Å²) in [5, 5.41) is 7.83. The van der Waals surface area contributed by atoms with Crippen LogP contribution < -0.4 is 15.9 Å². The van der Waals surface area contributed by atoms with E-state index in [2.05, 4.69) is 78.9 Å². The van der Waals surface area contributed by atoms with Crippen molar-refractivity contribution in [1.82, 2.24) is 4.98 Å². The second-order valence-electron chi connectivity index (χ2n) is 11.9. The fourth-order valence-corrected chi connectivity index (χ4v) is 9.46. The molecule has 0 saturated carbocycles. The van der Waals surface area contributed by atoms with Gasteiger partial charge in [0.15, 0.2) is 7.14 Å². The molecular weight excluding hydrogens is 593 g/mol. The number of aromatic nitrogens is 1. The Bertz CT molecular complexity index is 2580. The lowest BCUT2D eigenvalue weighted by molar-refractivity contribution is 0.592. The van der Waals surface area contributed by atoms with Crippen molar-refractivity contribution in [1.29, 1.82) is 0 Å². The van der Waals surface area contributed by atoms with Gasteiger partial charge < -0.3 is 8.98 Å². The highest BCUT2D eigenvalue weighted by Crippen LogP contribution is 2.43. The predicted octanol–water partition coefficient (Wildman–Crippen LogP) is 10.3. The van der Waals surface area contributed by atoms with E-state index >= 15 is 0 Å². The number of hydrogen-bond donors (Lipinski definition) is 0. The molecule has 0 bridgehead atoms. The molecule has 0 radical (unpaired) electrons. The zero-order valence-corrected chi connectivity index (χ0v) is 26.3. The molecule has 0 saturated heterocycles. The predicted molar refractivity (Wildman–Crippen MR) is 197 cm³/mol. The number of nitrogens with zero attached hydrogens (tertiary/aromatic N) is 1. The Morgan fingerprint density at radius 2 is 0.979 bits per heavy atom. The molecule has 0 spiro atoms. The number of rotatable bonds is 5. The zero-order chi connectivity index (χ0) is 31.4. The van der Waals surface area contributed by atoms with Crippen molar-refractivity contribution in [2.24, 2.45) is 0 Å². The Labute approximate surface area is 272 Å². The Kier molecular flexibility index (Phi) is 6.41. The molecule has 0 aliphatic rings. The van der Waals surface area contributed by atoms with Gasteiger partial charge >= 0.3 is 0 Å². The largest absolute Gasteiger partial charge is 0.455 e. The molecule has 0 fully saturated rings. The van der Waals surface area contributed by atoms with Gasteiger partial charge in [0.2, 0.25) is 0 Å². The normalized spacial score (nSPS) is 11.9. The minimum atomic E-state index is -3.03. The van der Waals surface area contributed by atoms with Gasteiger partial charge in [0.05, 0.1) is 16.6 Å². The number of pyridine rings is 1. The molecule has 0 unspecified atom stereocenters. The summed E-state index contributed by atoms with van der Waals surface area (Å²) >= 11 is 0. The molecule has 47 heavy (non-hydrogen) atoms. The van der Waals surface area contributed by atoms with Gasteiger partial charge in [0.25, 0.3) is 0 Å². The summed E-state index contributed by atoms with van der Waals surface area (Å²) in [6.45, 7) is 0. The molecule has 0 aliphatic heterocycles. The summed E-state index contributed by atoms with van der Waals surface area (Å²) < 4.78 is 21.3. The van der Waals surface area contributed by atoms with E-state index in [1.165, 1.54) is 0 Å². The first-order valence-corrected chi connectivity index (χ1v) is 17.4. The maximum Gasteiger partial charge on any atom is 0.171 e. The molecule has 222 valence electrons. The topological polar surface area (TPSA) is 43.1 Å². The van der Waals surface area contributed by atoms with Gasteiger partial charge in [0.1, 0.15) is 11.2 Å². The van der Waals surface area contributed by atoms with Crippen molar-refractivity contribution in [3.8, 4) is 22.4 Å². The first-order valence-electron chi connectivity index (χ1n) is 15.7. The SMILES string of the molecule is O=P(c1ccccc1)(c1ccccc1)c1ccc(-c2ccc(-c3nc4c5ccccc5ccc4c4oc5ccccc5c34)cc2)cc1. The Hall–Kier alpha value is -5.76. The lowest BCUT2D eigenvalue weighted by Crippen LogP contribution is -2.24. The van der Waals surface area contributed by atoms with E-state index in [1.807, 2.05) is 91.0 Å². The second-order valence-corrected chi connectivity index (χ2v) is 14.6. The third-order valence-electron chi connectivity index (χ3n) is 9.16. The number of benzene rings is 7. The fourth-order valence-electron chi connectivity index (χ4n) is 6.81. The average Bonchev–Trinajstić information content (AvgIpc) is 3.55. The van der Waals surface area contributed by atoms with E-state index in [-0.39, 0.29) is 0 Å². The highest BCUT2D eigenvalue weighted by Gasteiger charge is 2.29. The fraction of sp³-hybridized carbons (Fsp3) is 0. The van der Waals surface area contributed by atoms with Crippen LogP contribution >= 0.6 is 7.14 Å². The van der Waals surface area contributed by atoms with Crippen LogP contribution in [0.4, 0.5) is 0 Å². The molecular formula is C43H28NO2P. The quantitative estimate of drug-likeness (QED) is 0.142. The van der Waals surface area contributed by atoms with E-state index in [4.69, 9.17) is 9.40 Å². The van der Waals surface area contributed by atoms with Crippen molar-refractivity contribution in [3.05, 3.63) is 170 Å². The maximum absolute atomic E-state index is 14.8. The van der Waals surface area contributed by atoms with E-state index in [0.717, 1.165) is 81.9 Å². The molecule has 7 aromatic carbocycles. The van der Waals surface area contributed by atoms with Crippen molar-refractivity contribution in [2.75, 3.05) is 0 Å². The number of furan rings is 1. The van der Waals surface area contributed by atoms with Crippen LogP contribution in [0.3, 0.4) is 0 Å². The van der Waals surface area contributed by atoms with Gasteiger partial charge in [-0.1, -0.05) is 158 Å². The van der Waals surface area contributed by atoms with Crippen LogP contribution in [-0.2, 0) is 4.57 Å². The van der Waals surface area contributed by atoms with E-state index < -0.39 is 7.14 Å². The standard InChI is InChI=1S/C43H28NO2P/c45-47(33-12-3-1-4-13-33,34-14-5-2-6-15-34)35-26-23-30(24-27-35)29-19-21-32(22-20-29)41-40-37-17-9-10-18-39(37)46-43(40)38-28-25-31-11-7-8-16-36(31)42(38)44-41/h1-28H. The summed E-state index contributed by atoms with van der Waals surface area (Å²) in [6, 6.07) is 57.1. The minimum absolute atomic E-state index is 0.817. The third kappa shape index (κ3) is 4.43. The van der Waals surface area contributed by atoms with Gasteiger partial charge in [-0.3, -0.25) is 0 Å². The van der Waals surface area contributed by atoms with Gasteiger partial charge in [-0.05, 0) is 28.6 Å². The molecule has 3 nitrogen and oxygen atoms in total. The number of hydrogen-bond acceptors (Lipinski definition) is 3. The Balaban J connectivity index is 1.15. The van der Waals surface area contributed by atoms with E-state index in [9.17, 15) is 4.57 Å². The summed E-state index contributed by atoms with van der Waals surface area (Å²) in [6.07, 6.45) is 0. The Morgan fingerprint density at radius 1 is 0.447 bits per heavy atom. The highest BCUT2D eigenvalue weighted by atomic mass is 31.2. The summed E-state index contributed by atoms with van der Waals surface area (Å²) in [5.41, 5.74) is 6.71. The maximum atomic E-state index is 14.8. The molecule has 0 aliphatic carbocycles. The minimum Gasteiger partial charge on any atom is -0.455 e. The van der Waals surface area contributed by atoms with E-state index in [1.54, 1.807) is 0 Å². The highest BCUT2D eigenvalue weighted by molar-refractivity contribution is 7.85. The summed E-state index contributed by atoms with van der Waals surface area (Å²) in [4.78, 5) is 5.33. The summed E-state index contributed by atoms with van der Waals surface area (Å²) in [7, 11) is -3.03. The van der Waals surface area contributed by atoms with Crippen molar-refractivity contribution in [3.63, 3.8) is 0 Å². The van der Waals surface area contributed by atoms with Crippen LogP contribution in [0.5, 0.6) is 0 Å². The number of fused-ring (bicyclic) bond motifs is 7. The molecule has 2 heterocycles. The third-order valence-corrected chi connectivity index (χ3v) is 12.2. The van der Waals surface area contributed by atoms with Crippen LogP contribution in [0.15, 0.2) is 174 Å². The first-order chi connectivity index (χ1) is 23.2. The van der Waals surface area contributed by atoms with Crippen molar-refractivity contribution in [2.45, 2.75) is 0 Å². The van der Waals surface area contributed by atoms with Gasteiger partial charge in [0, 0.05) is 37.6 Å². The van der Waals surface area contributed by atoms with Crippen molar-refractivity contribution < 1.29 is 8.98 Å². The van der Waals surface area contributed by atoms with Crippen LogP contribution in [0, 0.1) is 0 Å². The Morgan fingerprint density at radius 3 is 1.66 bits per heavy atom. The first kappa shape index (κ1) is 27.5. The molecule has 2 aromatic heterocycles. The van der Waals surface area contributed by atoms with Gasteiger partial charge in [-0.15, -0.1) is 0 Å². The average molecular weight is 622 g/mol. The smallest absolute Gasteiger partial charge is 0.171 e. The molecule has 0 amide bonds. The van der Waals surface area contributed by atoms with Crippen LogP contribution in [0.2, 0.25) is 0 Å². The molecule has 0 N–H and O–H groups in total. The molecule has 4 heteroatoms. The molecule has 0 atom stereocenters.